The molecule has 5 heteroatoms. The number of para-hydroxylation sites is 1. The second kappa shape index (κ2) is 7.00. The van der Waals surface area contributed by atoms with E-state index < -0.39 is 9.84 Å². The third kappa shape index (κ3) is 3.62. The first-order valence-electron chi connectivity index (χ1n) is 6.19. The SMILES string of the molecule is CCN(CCCCl)c1ccccc1S(=O)(=O)CC. The van der Waals surface area contributed by atoms with Crippen LogP contribution in [0.15, 0.2) is 29.2 Å². The van der Waals surface area contributed by atoms with Crippen LogP contribution in [0.25, 0.3) is 0 Å². The first-order valence-corrected chi connectivity index (χ1v) is 8.38. The highest BCUT2D eigenvalue weighted by Crippen LogP contribution is 2.26. The van der Waals surface area contributed by atoms with Gasteiger partial charge in [-0.1, -0.05) is 19.1 Å². The van der Waals surface area contributed by atoms with E-state index in [0.29, 0.717) is 10.8 Å². The van der Waals surface area contributed by atoms with E-state index in [9.17, 15) is 8.42 Å². The number of anilines is 1. The van der Waals surface area contributed by atoms with Crippen LogP contribution in [0.3, 0.4) is 0 Å². The van der Waals surface area contributed by atoms with Crippen LogP contribution in [0, 0.1) is 0 Å². The first kappa shape index (κ1) is 15.3. The predicted octanol–water partition coefficient (Wildman–Crippen LogP) is 2.94. The Morgan fingerprint density at radius 3 is 2.44 bits per heavy atom. The average Bonchev–Trinajstić information content (AvgIpc) is 2.40. The summed E-state index contributed by atoms with van der Waals surface area (Å²) in [6.07, 6.45) is 0.843. The molecule has 0 atom stereocenters. The van der Waals surface area contributed by atoms with Crippen molar-refractivity contribution in [3.8, 4) is 0 Å². The lowest BCUT2D eigenvalue weighted by molar-refractivity contribution is 0.596. The van der Waals surface area contributed by atoms with Crippen molar-refractivity contribution >= 4 is 27.1 Å². The summed E-state index contributed by atoms with van der Waals surface area (Å²) in [6.45, 7) is 5.23. The van der Waals surface area contributed by atoms with Gasteiger partial charge in [-0.25, -0.2) is 8.42 Å². The molecule has 0 bridgehead atoms. The molecule has 1 aromatic carbocycles. The van der Waals surface area contributed by atoms with E-state index in [-0.39, 0.29) is 5.75 Å². The molecule has 0 aliphatic heterocycles. The van der Waals surface area contributed by atoms with Crippen LogP contribution >= 0.6 is 11.6 Å². The summed E-state index contributed by atoms with van der Waals surface area (Å²) in [5, 5.41) is 0. The van der Waals surface area contributed by atoms with Crippen LogP contribution in [0.4, 0.5) is 5.69 Å². The maximum atomic E-state index is 12.1. The van der Waals surface area contributed by atoms with Crippen molar-refractivity contribution in [3.63, 3.8) is 0 Å². The number of halogens is 1. The second-order valence-electron chi connectivity index (χ2n) is 3.99. The molecule has 0 fully saturated rings. The van der Waals surface area contributed by atoms with E-state index in [1.165, 1.54) is 0 Å². The fourth-order valence-electron chi connectivity index (χ4n) is 1.84. The smallest absolute Gasteiger partial charge is 0.180 e. The van der Waals surface area contributed by atoms with Gasteiger partial charge in [-0.15, -0.1) is 11.6 Å². The Morgan fingerprint density at radius 2 is 1.89 bits per heavy atom. The molecular formula is C13H20ClNO2S. The highest BCUT2D eigenvalue weighted by atomic mass is 35.5. The zero-order chi connectivity index (χ0) is 13.6. The molecule has 0 N–H and O–H groups in total. The molecule has 18 heavy (non-hydrogen) atoms. The lowest BCUT2D eigenvalue weighted by atomic mass is 10.2. The maximum absolute atomic E-state index is 12.1. The van der Waals surface area contributed by atoms with Crippen molar-refractivity contribution in [2.24, 2.45) is 0 Å². The summed E-state index contributed by atoms with van der Waals surface area (Å²) in [7, 11) is -3.18. The van der Waals surface area contributed by atoms with Gasteiger partial charge < -0.3 is 4.90 Å². The van der Waals surface area contributed by atoms with E-state index in [0.717, 1.165) is 25.2 Å². The molecule has 0 amide bonds. The highest BCUT2D eigenvalue weighted by Gasteiger charge is 2.18. The van der Waals surface area contributed by atoms with Gasteiger partial charge in [-0.05, 0) is 25.5 Å². The van der Waals surface area contributed by atoms with Gasteiger partial charge in [0, 0.05) is 19.0 Å². The topological polar surface area (TPSA) is 37.4 Å². The van der Waals surface area contributed by atoms with Gasteiger partial charge in [0.15, 0.2) is 9.84 Å². The summed E-state index contributed by atoms with van der Waals surface area (Å²) < 4.78 is 24.1. The number of nitrogens with zero attached hydrogens (tertiary/aromatic N) is 1. The largest absolute Gasteiger partial charge is 0.371 e. The van der Waals surface area contributed by atoms with Gasteiger partial charge in [0.1, 0.15) is 0 Å². The standard InChI is InChI=1S/C13H20ClNO2S/c1-3-15(11-7-10-14)12-8-5-6-9-13(12)18(16,17)4-2/h5-6,8-9H,3-4,7,10-11H2,1-2H3. The van der Waals surface area contributed by atoms with Gasteiger partial charge in [-0.3, -0.25) is 0 Å². The molecular weight excluding hydrogens is 270 g/mol. The number of alkyl halides is 1. The van der Waals surface area contributed by atoms with E-state index >= 15 is 0 Å². The fraction of sp³-hybridized carbons (Fsp3) is 0.538. The Labute approximate surface area is 115 Å². The van der Waals surface area contributed by atoms with Crippen molar-refractivity contribution in [2.45, 2.75) is 25.2 Å². The number of benzene rings is 1. The minimum Gasteiger partial charge on any atom is -0.371 e. The van der Waals surface area contributed by atoms with Gasteiger partial charge in [0.2, 0.25) is 0 Å². The molecule has 1 aromatic rings. The van der Waals surface area contributed by atoms with Crippen LogP contribution in [0.1, 0.15) is 20.3 Å². The Balaban J connectivity index is 3.15. The van der Waals surface area contributed by atoms with Crippen molar-refractivity contribution in [3.05, 3.63) is 24.3 Å². The second-order valence-corrected chi connectivity index (χ2v) is 6.62. The Kier molecular flexibility index (Phi) is 5.96. The van der Waals surface area contributed by atoms with E-state index in [1.54, 1.807) is 19.1 Å². The lowest BCUT2D eigenvalue weighted by Gasteiger charge is -2.25. The molecule has 0 saturated carbocycles. The third-order valence-electron chi connectivity index (χ3n) is 2.86. The van der Waals surface area contributed by atoms with Gasteiger partial charge in [-0.2, -0.15) is 0 Å². The molecule has 0 unspecified atom stereocenters. The van der Waals surface area contributed by atoms with Crippen LogP contribution < -0.4 is 4.90 Å². The fourth-order valence-corrected chi connectivity index (χ4v) is 3.07. The predicted molar refractivity (Wildman–Crippen MR) is 77.4 cm³/mol. The van der Waals surface area contributed by atoms with Crippen molar-refractivity contribution in [1.82, 2.24) is 0 Å². The molecule has 0 aliphatic rings. The average molecular weight is 290 g/mol. The quantitative estimate of drug-likeness (QED) is 0.724. The third-order valence-corrected chi connectivity index (χ3v) is 4.91. The Morgan fingerprint density at radius 1 is 1.22 bits per heavy atom. The molecule has 0 radical (unpaired) electrons. The minimum absolute atomic E-state index is 0.122. The summed E-state index contributed by atoms with van der Waals surface area (Å²) >= 11 is 5.70. The van der Waals surface area contributed by atoms with E-state index in [1.807, 2.05) is 19.1 Å². The molecule has 0 aliphatic carbocycles. The summed E-state index contributed by atoms with van der Waals surface area (Å²) in [6, 6.07) is 7.17. The molecule has 3 nitrogen and oxygen atoms in total. The lowest BCUT2D eigenvalue weighted by Crippen LogP contribution is -2.26. The number of rotatable bonds is 7. The maximum Gasteiger partial charge on any atom is 0.180 e. The van der Waals surface area contributed by atoms with Crippen molar-refractivity contribution in [1.29, 1.82) is 0 Å². The van der Waals surface area contributed by atoms with E-state index in [2.05, 4.69) is 4.90 Å². The number of hydrogen-bond acceptors (Lipinski definition) is 3. The van der Waals surface area contributed by atoms with Gasteiger partial charge >= 0.3 is 0 Å². The van der Waals surface area contributed by atoms with Gasteiger partial charge in [0.25, 0.3) is 0 Å². The summed E-state index contributed by atoms with van der Waals surface area (Å²) in [4.78, 5) is 2.48. The van der Waals surface area contributed by atoms with Crippen molar-refractivity contribution < 1.29 is 8.42 Å². The van der Waals surface area contributed by atoms with E-state index in [4.69, 9.17) is 11.6 Å². The summed E-state index contributed by atoms with van der Waals surface area (Å²) in [5.41, 5.74) is 0.784. The zero-order valence-corrected chi connectivity index (χ0v) is 12.5. The van der Waals surface area contributed by atoms with Gasteiger partial charge in [0.05, 0.1) is 16.3 Å². The van der Waals surface area contributed by atoms with Crippen LogP contribution in [-0.2, 0) is 9.84 Å². The Bertz CT molecular complexity index is 474. The Hall–Kier alpha value is -0.740. The number of hydrogen-bond donors (Lipinski definition) is 0. The number of sulfone groups is 1. The molecule has 0 heterocycles. The first-order chi connectivity index (χ1) is 8.56. The molecule has 0 saturated heterocycles. The zero-order valence-electron chi connectivity index (χ0n) is 10.9. The molecule has 1 rings (SSSR count). The summed E-state index contributed by atoms with van der Waals surface area (Å²) in [5.74, 6) is 0.705. The van der Waals surface area contributed by atoms with Crippen molar-refractivity contribution in [2.75, 3.05) is 29.6 Å². The molecule has 102 valence electrons. The van der Waals surface area contributed by atoms with Crippen LogP contribution in [-0.4, -0.2) is 33.1 Å². The highest BCUT2D eigenvalue weighted by molar-refractivity contribution is 7.91. The van der Waals surface area contributed by atoms with Crippen LogP contribution in [0.5, 0.6) is 0 Å². The molecule has 0 spiro atoms. The minimum atomic E-state index is -3.18. The molecule has 0 aromatic heterocycles. The monoisotopic (exact) mass is 289 g/mol. The normalized spacial score (nSPS) is 11.5. The van der Waals surface area contributed by atoms with Crippen LogP contribution in [0.2, 0.25) is 0 Å².